The number of hydrogen-bond donors (Lipinski definition) is 0. The van der Waals surface area contributed by atoms with E-state index in [1.54, 1.807) is 0 Å². The molecule has 23 heavy (non-hydrogen) atoms. The molecule has 1 atom stereocenters. The third-order valence-electron chi connectivity index (χ3n) is 4.62. The quantitative estimate of drug-likeness (QED) is 0.425. The summed E-state index contributed by atoms with van der Waals surface area (Å²) in [5, 5.41) is 2.62. The molecule has 0 spiro atoms. The van der Waals surface area contributed by atoms with Crippen molar-refractivity contribution in [2.75, 3.05) is 6.61 Å². The molecule has 0 aromatic heterocycles. The van der Waals surface area contributed by atoms with Crippen LogP contribution >= 0.6 is 0 Å². The van der Waals surface area contributed by atoms with Crippen LogP contribution in [0.15, 0.2) is 36.4 Å². The SMILES string of the molecule is CCCCOc1ccc2cc(C(CCC)CCCC)ccc2c1. The highest BCUT2D eigenvalue weighted by Gasteiger charge is 2.11. The lowest BCUT2D eigenvalue weighted by Gasteiger charge is -2.17. The zero-order valence-electron chi connectivity index (χ0n) is 15.1. The monoisotopic (exact) mass is 312 g/mol. The molecule has 2 rings (SSSR count). The van der Waals surface area contributed by atoms with Gasteiger partial charge in [0.1, 0.15) is 5.75 Å². The molecular formula is C22H32O. The van der Waals surface area contributed by atoms with E-state index in [1.165, 1.54) is 54.9 Å². The van der Waals surface area contributed by atoms with Gasteiger partial charge in [-0.15, -0.1) is 0 Å². The molecule has 0 aliphatic carbocycles. The van der Waals surface area contributed by atoms with Crippen molar-refractivity contribution in [3.63, 3.8) is 0 Å². The van der Waals surface area contributed by atoms with Crippen molar-refractivity contribution in [2.45, 2.75) is 71.6 Å². The molecule has 0 radical (unpaired) electrons. The lowest BCUT2D eigenvalue weighted by atomic mass is 9.88. The second-order valence-electron chi connectivity index (χ2n) is 6.60. The zero-order valence-corrected chi connectivity index (χ0v) is 15.1. The van der Waals surface area contributed by atoms with Gasteiger partial charge in [-0.05, 0) is 53.6 Å². The molecule has 2 aromatic carbocycles. The van der Waals surface area contributed by atoms with Crippen LogP contribution in [-0.2, 0) is 0 Å². The first-order chi connectivity index (χ1) is 11.3. The lowest BCUT2D eigenvalue weighted by molar-refractivity contribution is 0.310. The van der Waals surface area contributed by atoms with E-state index in [0.29, 0.717) is 5.92 Å². The van der Waals surface area contributed by atoms with Crippen molar-refractivity contribution < 1.29 is 4.74 Å². The Morgan fingerprint density at radius 2 is 1.52 bits per heavy atom. The second kappa shape index (κ2) is 9.60. The number of fused-ring (bicyclic) bond motifs is 1. The molecule has 0 aliphatic rings. The highest BCUT2D eigenvalue weighted by atomic mass is 16.5. The van der Waals surface area contributed by atoms with Gasteiger partial charge in [-0.2, -0.15) is 0 Å². The van der Waals surface area contributed by atoms with Gasteiger partial charge in [-0.25, -0.2) is 0 Å². The van der Waals surface area contributed by atoms with E-state index in [2.05, 4.69) is 57.2 Å². The summed E-state index contributed by atoms with van der Waals surface area (Å²) in [5.74, 6) is 1.71. The normalized spacial score (nSPS) is 12.5. The molecule has 1 unspecified atom stereocenters. The van der Waals surface area contributed by atoms with Crippen molar-refractivity contribution >= 4 is 10.8 Å². The summed E-state index contributed by atoms with van der Waals surface area (Å²) in [6, 6.07) is 13.5. The molecule has 0 aliphatic heterocycles. The first-order valence-electron chi connectivity index (χ1n) is 9.45. The minimum Gasteiger partial charge on any atom is -0.494 e. The predicted octanol–water partition coefficient (Wildman–Crippen LogP) is 7.09. The van der Waals surface area contributed by atoms with Gasteiger partial charge in [0.15, 0.2) is 0 Å². The van der Waals surface area contributed by atoms with Crippen molar-refractivity contribution in [2.24, 2.45) is 0 Å². The summed E-state index contributed by atoms with van der Waals surface area (Å²) >= 11 is 0. The predicted molar refractivity (Wildman–Crippen MR) is 102 cm³/mol. The molecular weight excluding hydrogens is 280 g/mol. The summed E-state index contributed by atoms with van der Waals surface area (Å²) in [6.45, 7) is 7.58. The maximum absolute atomic E-state index is 5.82. The number of unbranched alkanes of at least 4 members (excludes halogenated alkanes) is 2. The zero-order chi connectivity index (χ0) is 16.5. The summed E-state index contributed by atoms with van der Waals surface area (Å²) in [5.41, 5.74) is 1.51. The molecule has 1 nitrogen and oxygen atoms in total. The van der Waals surface area contributed by atoms with E-state index in [4.69, 9.17) is 4.74 Å². The minimum atomic E-state index is 0.713. The van der Waals surface area contributed by atoms with Gasteiger partial charge in [-0.1, -0.05) is 70.7 Å². The van der Waals surface area contributed by atoms with Crippen molar-refractivity contribution in [1.29, 1.82) is 0 Å². The Morgan fingerprint density at radius 3 is 2.26 bits per heavy atom. The Hall–Kier alpha value is -1.50. The molecule has 0 heterocycles. The Morgan fingerprint density at radius 1 is 0.783 bits per heavy atom. The molecule has 0 bridgehead atoms. The molecule has 2 aromatic rings. The van der Waals surface area contributed by atoms with Crippen LogP contribution in [0.25, 0.3) is 10.8 Å². The van der Waals surface area contributed by atoms with E-state index < -0.39 is 0 Å². The number of hydrogen-bond acceptors (Lipinski definition) is 1. The van der Waals surface area contributed by atoms with Gasteiger partial charge in [0.25, 0.3) is 0 Å². The Bertz CT molecular complexity index is 588. The van der Waals surface area contributed by atoms with Crippen LogP contribution < -0.4 is 4.74 Å². The maximum atomic E-state index is 5.82. The lowest BCUT2D eigenvalue weighted by Crippen LogP contribution is -1.99. The summed E-state index contributed by atoms with van der Waals surface area (Å²) in [6.07, 6.45) is 8.77. The molecule has 0 saturated heterocycles. The van der Waals surface area contributed by atoms with Crippen LogP contribution in [0.4, 0.5) is 0 Å². The van der Waals surface area contributed by atoms with Gasteiger partial charge < -0.3 is 4.74 Å². The second-order valence-corrected chi connectivity index (χ2v) is 6.60. The largest absolute Gasteiger partial charge is 0.494 e. The topological polar surface area (TPSA) is 9.23 Å². The van der Waals surface area contributed by atoms with E-state index in [0.717, 1.165) is 18.8 Å². The summed E-state index contributed by atoms with van der Waals surface area (Å²) in [4.78, 5) is 0. The Labute approximate surface area is 142 Å². The molecule has 0 saturated carbocycles. The van der Waals surface area contributed by atoms with Gasteiger partial charge >= 0.3 is 0 Å². The van der Waals surface area contributed by atoms with Crippen molar-refractivity contribution in [1.82, 2.24) is 0 Å². The smallest absolute Gasteiger partial charge is 0.119 e. The standard InChI is InChI=1S/C22H32O/c1-4-7-10-18(9-6-3)19-11-12-21-17-22(23-15-8-5-2)14-13-20(21)16-19/h11-14,16-18H,4-10,15H2,1-3H3. The van der Waals surface area contributed by atoms with Crippen LogP contribution in [0.1, 0.15) is 77.2 Å². The number of benzene rings is 2. The maximum Gasteiger partial charge on any atom is 0.119 e. The molecule has 1 heteroatoms. The summed E-state index contributed by atoms with van der Waals surface area (Å²) < 4.78 is 5.82. The van der Waals surface area contributed by atoms with Crippen LogP contribution in [-0.4, -0.2) is 6.61 Å². The Balaban J connectivity index is 2.15. The molecule has 0 N–H and O–H groups in total. The first kappa shape index (κ1) is 17.8. The van der Waals surface area contributed by atoms with Crippen molar-refractivity contribution in [3.8, 4) is 5.75 Å². The molecule has 0 amide bonds. The fraction of sp³-hybridized carbons (Fsp3) is 0.545. The highest BCUT2D eigenvalue weighted by Crippen LogP contribution is 2.30. The minimum absolute atomic E-state index is 0.713. The van der Waals surface area contributed by atoms with Gasteiger partial charge in [0.2, 0.25) is 0 Å². The van der Waals surface area contributed by atoms with Crippen LogP contribution in [0.2, 0.25) is 0 Å². The Kier molecular flexibility index (Phi) is 7.45. The first-order valence-corrected chi connectivity index (χ1v) is 9.45. The number of ether oxygens (including phenoxy) is 1. The van der Waals surface area contributed by atoms with Gasteiger partial charge in [0, 0.05) is 0 Å². The average molecular weight is 312 g/mol. The van der Waals surface area contributed by atoms with Crippen LogP contribution in [0.3, 0.4) is 0 Å². The van der Waals surface area contributed by atoms with Crippen LogP contribution in [0, 0.1) is 0 Å². The van der Waals surface area contributed by atoms with Gasteiger partial charge in [0.05, 0.1) is 6.61 Å². The third-order valence-corrected chi connectivity index (χ3v) is 4.62. The van der Waals surface area contributed by atoms with E-state index >= 15 is 0 Å². The average Bonchev–Trinajstić information content (AvgIpc) is 2.58. The fourth-order valence-electron chi connectivity index (χ4n) is 3.20. The highest BCUT2D eigenvalue weighted by molar-refractivity contribution is 5.84. The number of rotatable bonds is 10. The van der Waals surface area contributed by atoms with E-state index in [1.807, 2.05) is 0 Å². The molecule has 0 fully saturated rings. The van der Waals surface area contributed by atoms with Crippen LogP contribution in [0.5, 0.6) is 5.75 Å². The van der Waals surface area contributed by atoms with E-state index in [9.17, 15) is 0 Å². The van der Waals surface area contributed by atoms with Crippen molar-refractivity contribution in [3.05, 3.63) is 42.0 Å². The summed E-state index contributed by atoms with van der Waals surface area (Å²) in [7, 11) is 0. The van der Waals surface area contributed by atoms with Gasteiger partial charge in [-0.3, -0.25) is 0 Å². The molecule has 126 valence electrons. The third kappa shape index (κ3) is 5.27. The fourth-order valence-corrected chi connectivity index (χ4v) is 3.20. The van der Waals surface area contributed by atoms with E-state index in [-0.39, 0.29) is 0 Å².